The number of aromatic nitrogens is 1. The molecule has 0 spiro atoms. The molecule has 0 aliphatic rings. The van der Waals surface area contributed by atoms with Crippen LogP contribution in [0.25, 0.3) is 0 Å². The van der Waals surface area contributed by atoms with Crippen molar-refractivity contribution < 1.29 is 23.5 Å². The van der Waals surface area contributed by atoms with Crippen molar-refractivity contribution in [1.29, 1.82) is 0 Å². The average molecular weight is 306 g/mol. The fourth-order valence-corrected chi connectivity index (χ4v) is 2.68. The number of carbonyl (C=O) groups is 2. The van der Waals surface area contributed by atoms with Crippen molar-refractivity contribution in [2.24, 2.45) is 0 Å². The lowest BCUT2D eigenvalue weighted by Crippen LogP contribution is -2.41. The van der Waals surface area contributed by atoms with Gasteiger partial charge >= 0.3 is 5.97 Å². The lowest BCUT2D eigenvalue weighted by atomic mass is 10.2. The minimum atomic E-state index is -2.80. The van der Waals surface area contributed by atoms with Crippen molar-refractivity contribution in [3.05, 3.63) is 15.6 Å². The second-order valence-corrected chi connectivity index (χ2v) is 5.35. The molecule has 0 saturated carbocycles. The molecule has 0 aliphatic carbocycles. The molecule has 1 unspecified atom stereocenters. The van der Waals surface area contributed by atoms with Gasteiger partial charge in [0.2, 0.25) is 6.43 Å². The Bertz CT molecular complexity index is 491. The highest BCUT2D eigenvalue weighted by molar-refractivity contribution is 7.13. The van der Waals surface area contributed by atoms with Gasteiger partial charge in [0.15, 0.2) is 0 Å². The molecule has 0 aromatic carbocycles. The van der Waals surface area contributed by atoms with Gasteiger partial charge in [0.25, 0.3) is 5.91 Å². The Labute approximate surface area is 119 Å². The fraction of sp³-hybridized carbons (Fsp3) is 0.583. The number of alkyl halides is 2. The van der Waals surface area contributed by atoms with Crippen LogP contribution in [0.3, 0.4) is 0 Å². The van der Waals surface area contributed by atoms with E-state index in [0.717, 1.165) is 29.2 Å². The number of carboxylic acids is 1. The number of rotatable bonds is 7. The number of carboxylic acid groups (broad SMARTS) is 1. The Hall–Kier alpha value is -1.57. The summed E-state index contributed by atoms with van der Waals surface area (Å²) in [7, 11) is 0. The number of halogens is 2. The maximum atomic E-state index is 12.3. The van der Waals surface area contributed by atoms with Crippen LogP contribution < -0.4 is 5.32 Å². The van der Waals surface area contributed by atoms with Crippen LogP contribution in [0.15, 0.2) is 0 Å². The highest BCUT2D eigenvalue weighted by Crippen LogP contribution is 2.19. The van der Waals surface area contributed by atoms with Crippen LogP contribution in [0.5, 0.6) is 0 Å². The van der Waals surface area contributed by atoms with Crippen LogP contribution in [0.1, 0.15) is 40.1 Å². The molecule has 20 heavy (non-hydrogen) atoms. The van der Waals surface area contributed by atoms with Gasteiger partial charge in [0.1, 0.15) is 10.9 Å². The predicted octanol–water partition coefficient (Wildman–Crippen LogP) is 2.24. The molecular formula is C12H16F2N2O3S. The minimum absolute atomic E-state index is 0.272. The number of nitrogens with one attached hydrogen (secondary N) is 1. The number of carbonyl (C=O) groups excluding carboxylic acids is 1. The van der Waals surface area contributed by atoms with E-state index in [-0.39, 0.29) is 4.88 Å². The number of aryl methyl sites for hydroxylation is 2. The van der Waals surface area contributed by atoms with Crippen LogP contribution in [-0.2, 0) is 11.2 Å². The van der Waals surface area contributed by atoms with Crippen LogP contribution >= 0.6 is 11.3 Å². The lowest BCUT2D eigenvalue weighted by Gasteiger charge is -2.13. The van der Waals surface area contributed by atoms with Crippen LogP contribution in [0.4, 0.5) is 8.78 Å². The Morgan fingerprint density at radius 3 is 2.60 bits per heavy atom. The number of amides is 1. The molecule has 112 valence electrons. The maximum Gasteiger partial charge on any atom is 0.326 e. The van der Waals surface area contributed by atoms with E-state index in [0.29, 0.717) is 5.69 Å². The second kappa shape index (κ2) is 7.28. The Morgan fingerprint density at radius 2 is 2.10 bits per heavy atom. The molecule has 0 aliphatic heterocycles. The van der Waals surface area contributed by atoms with E-state index in [1.807, 2.05) is 6.92 Å². The molecular weight excluding hydrogens is 290 g/mol. The number of hydrogen-bond acceptors (Lipinski definition) is 4. The third kappa shape index (κ3) is 4.52. The first-order chi connectivity index (χ1) is 9.35. The molecule has 1 aromatic rings. The SMILES string of the molecule is CCCc1nc(C)c(C(=O)NC(CC(F)F)C(=O)O)s1. The fourth-order valence-electron chi connectivity index (χ4n) is 1.61. The topological polar surface area (TPSA) is 79.3 Å². The van der Waals surface area contributed by atoms with Crippen molar-refractivity contribution >= 4 is 23.2 Å². The van der Waals surface area contributed by atoms with Crippen LogP contribution in [0, 0.1) is 6.92 Å². The van der Waals surface area contributed by atoms with E-state index >= 15 is 0 Å². The Balaban J connectivity index is 2.80. The van der Waals surface area contributed by atoms with Gasteiger partial charge in [-0.15, -0.1) is 11.3 Å². The van der Waals surface area contributed by atoms with Crippen molar-refractivity contribution in [3.63, 3.8) is 0 Å². The van der Waals surface area contributed by atoms with E-state index < -0.39 is 30.8 Å². The maximum absolute atomic E-state index is 12.3. The van der Waals surface area contributed by atoms with Gasteiger partial charge < -0.3 is 10.4 Å². The summed E-state index contributed by atoms with van der Waals surface area (Å²) in [6, 6.07) is -1.60. The van der Waals surface area contributed by atoms with Crippen molar-refractivity contribution in [2.45, 2.75) is 45.6 Å². The zero-order valence-corrected chi connectivity index (χ0v) is 12.0. The second-order valence-electron chi connectivity index (χ2n) is 4.26. The zero-order valence-electron chi connectivity index (χ0n) is 11.2. The average Bonchev–Trinajstić information content (AvgIpc) is 2.69. The molecule has 0 bridgehead atoms. The Kier molecular flexibility index (Phi) is 6.00. The molecule has 1 rings (SSSR count). The normalized spacial score (nSPS) is 12.4. The van der Waals surface area contributed by atoms with Gasteiger partial charge in [-0.25, -0.2) is 18.6 Å². The highest BCUT2D eigenvalue weighted by atomic mass is 32.1. The summed E-state index contributed by atoms with van der Waals surface area (Å²) in [5, 5.41) is 11.7. The first kappa shape index (κ1) is 16.5. The minimum Gasteiger partial charge on any atom is -0.480 e. The molecule has 0 fully saturated rings. The van der Waals surface area contributed by atoms with E-state index in [1.54, 1.807) is 6.92 Å². The molecule has 8 heteroatoms. The van der Waals surface area contributed by atoms with Gasteiger partial charge in [-0.05, 0) is 19.8 Å². The van der Waals surface area contributed by atoms with Gasteiger partial charge in [-0.2, -0.15) is 0 Å². The molecule has 2 N–H and O–H groups in total. The van der Waals surface area contributed by atoms with E-state index in [4.69, 9.17) is 5.11 Å². The van der Waals surface area contributed by atoms with Crippen molar-refractivity contribution in [3.8, 4) is 0 Å². The zero-order chi connectivity index (χ0) is 15.3. The van der Waals surface area contributed by atoms with Gasteiger partial charge in [-0.3, -0.25) is 4.79 Å². The molecule has 1 aromatic heterocycles. The summed E-state index contributed by atoms with van der Waals surface area (Å²) in [5.74, 6) is -2.15. The lowest BCUT2D eigenvalue weighted by molar-refractivity contribution is -0.140. The predicted molar refractivity (Wildman–Crippen MR) is 70.4 cm³/mol. The first-order valence-corrected chi connectivity index (χ1v) is 6.94. The molecule has 1 heterocycles. The largest absolute Gasteiger partial charge is 0.480 e. The standard InChI is InChI=1S/C12H16F2N2O3S/c1-3-4-9-15-6(2)10(20-9)11(17)16-7(12(18)19)5-8(13)14/h7-8H,3-5H2,1-2H3,(H,16,17)(H,18,19). The van der Waals surface area contributed by atoms with Crippen LogP contribution in [-0.4, -0.2) is 34.4 Å². The monoisotopic (exact) mass is 306 g/mol. The molecule has 5 nitrogen and oxygen atoms in total. The van der Waals surface area contributed by atoms with E-state index in [1.165, 1.54) is 0 Å². The van der Waals surface area contributed by atoms with Gasteiger partial charge in [0, 0.05) is 6.42 Å². The van der Waals surface area contributed by atoms with E-state index in [2.05, 4.69) is 10.3 Å². The van der Waals surface area contributed by atoms with Gasteiger partial charge in [0.05, 0.1) is 10.7 Å². The van der Waals surface area contributed by atoms with Crippen LogP contribution in [0.2, 0.25) is 0 Å². The highest BCUT2D eigenvalue weighted by Gasteiger charge is 2.26. The van der Waals surface area contributed by atoms with Gasteiger partial charge in [-0.1, -0.05) is 6.92 Å². The third-order valence-corrected chi connectivity index (χ3v) is 3.74. The summed E-state index contributed by atoms with van der Waals surface area (Å²) < 4.78 is 24.5. The number of hydrogen-bond donors (Lipinski definition) is 2. The summed E-state index contributed by atoms with van der Waals surface area (Å²) in [5.41, 5.74) is 0.483. The number of aliphatic carboxylic acids is 1. The summed E-state index contributed by atoms with van der Waals surface area (Å²) >= 11 is 1.16. The smallest absolute Gasteiger partial charge is 0.326 e. The molecule has 0 radical (unpaired) electrons. The molecule has 1 atom stereocenters. The number of nitrogens with zero attached hydrogens (tertiary/aromatic N) is 1. The first-order valence-electron chi connectivity index (χ1n) is 6.13. The summed E-state index contributed by atoms with van der Waals surface area (Å²) in [6.07, 6.45) is -2.12. The molecule has 0 saturated heterocycles. The number of thiazole rings is 1. The summed E-state index contributed by atoms with van der Waals surface area (Å²) in [6.45, 7) is 3.60. The van der Waals surface area contributed by atoms with Crippen molar-refractivity contribution in [2.75, 3.05) is 0 Å². The Morgan fingerprint density at radius 1 is 1.45 bits per heavy atom. The molecule has 1 amide bonds. The quantitative estimate of drug-likeness (QED) is 0.809. The third-order valence-electron chi connectivity index (χ3n) is 2.53. The van der Waals surface area contributed by atoms with E-state index in [9.17, 15) is 18.4 Å². The van der Waals surface area contributed by atoms with Crippen molar-refractivity contribution in [1.82, 2.24) is 10.3 Å². The summed E-state index contributed by atoms with van der Waals surface area (Å²) in [4.78, 5) is 27.2.